The summed E-state index contributed by atoms with van der Waals surface area (Å²) in [5, 5.41) is 3.07. The van der Waals surface area contributed by atoms with Gasteiger partial charge in [0.25, 0.3) is 11.5 Å². The van der Waals surface area contributed by atoms with Crippen LogP contribution in [0, 0.1) is 13.8 Å². The Balaban J connectivity index is 1.44. The predicted molar refractivity (Wildman–Crippen MR) is 184 cm³/mol. The summed E-state index contributed by atoms with van der Waals surface area (Å²) in [6.07, 6.45) is 5.86. The molecular formula is C36H48N6O5. The van der Waals surface area contributed by atoms with Gasteiger partial charge in [0.2, 0.25) is 0 Å². The first-order valence-corrected chi connectivity index (χ1v) is 16.8. The van der Waals surface area contributed by atoms with Crippen molar-refractivity contribution in [3.63, 3.8) is 0 Å². The van der Waals surface area contributed by atoms with E-state index in [1.54, 1.807) is 0 Å². The number of pyridine rings is 2. The van der Waals surface area contributed by atoms with Crippen LogP contribution in [0.3, 0.4) is 0 Å². The van der Waals surface area contributed by atoms with E-state index in [1.807, 2.05) is 44.3 Å². The quantitative estimate of drug-likeness (QED) is 0.265. The molecule has 2 amide bonds. The molecule has 0 unspecified atom stereocenters. The van der Waals surface area contributed by atoms with E-state index in [2.05, 4.69) is 40.0 Å². The van der Waals surface area contributed by atoms with Crippen molar-refractivity contribution in [3.05, 3.63) is 74.8 Å². The van der Waals surface area contributed by atoms with Gasteiger partial charge in [-0.2, -0.15) is 0 Å². The number of ether oxygens (including phenoxy) is 2. The zero-order valence-corrected chi connectivity index (χ0v) is 28.1. The fraction of sp³-hybridized carbons (Fsp3) is 0.500. The zero-order valence-electron chi connectivity index (χ0n) is 28.1. The molecule has 11 nitrogen and oxygen atoms in total. The summed E-state index contributed by atoms with van der Waals surface area (Å²) >= 11 is 0. The zero-order chi connectivity index (χ0) is 33.5. The average molecular weight is 645 g/mol. The van der Waals surface area contributed by atoms with E-state index in [9.17, 15) is 14.4 Å². The van der Waals surface area contributed by atoms with Gasteiger partial charge in [0, 0.05) is 92.5 Å². The minimum absolute atomic E-state index is 0.150. The van der Waals surface area contributed by atoms with E-state index in [4.69, 9.17) is 20.2 Å². The molecular weight excluding hydrogens is 596 g/mol. The molecule has 3 aromatic rings. The van der Waals surface area contributed by atoms with Crippen LogP contribution in [-0.2, 0) is 22.4 Å². The molecule has 4 heterocycles. The molecule has 0 atom stereocenters. The number of carbonyl (C=O) groups excluding carboxylic acids is 2. The van der Waals surface area contributed by atoms with Gasteiger partial charge in [-0.1, -0.05) is 13.3 Å². The van der Waals surface area contributed by atoms with Crippen LogP contribution in [0.4, 0.5) is 16.3 Å². The summed E-state index contributed by atoms with van der Waals surface area (Å²) < 4.78 is 10.8. The van der Waals surface area contributed by atoms with Crippen LogP contribution in [0.1, 0.15) is 78.7 Å². The first-order chi connectivity index (χ1) is 22.7. The standard InChI is InChI=1S/C36H48N6O5/c1-5-7-25-18-23(3)40-35(44)31(25)22-39-34(43)30-19-27(20-32(24(30)4)42(6-2)28-12-16-46-17-13-28)26-8-9-33(38-21-26)41-14-10-29(11-15-41)47-36(37)45/h8-9,18-21,28-29H,5-7,10-17,22H2,1-4H3,(H2,37,45)(H,39,43)(H,40,44). The summed E-state index contributed by atoms with van der Waals surface area (Å²) in [6.45, 7) is 11.9. The van der Waals surface area contributed by atoms with Crippen LogP contribution in [0.15, 0.2) is 41.3 Å². The number of H-pyrrole nitrogens is 1. The van der Waals surface area contributed by atoms with Crippen molar-refractivity contribution in [1.29, 1.82) is 0 Å². The number of benzene rings is 1. The normalized spacial score (nSPS) is 15.8. The third-order valence-corrected chi connectivity index (χ3v) is 9.34. The lowest BCUT2D eigenvalue weighted by Crippen LogP contribution is -2.40. The number of nitrogens with two attached hydrogens (primary N) is 1. The molecule has 0 spiro atoms. The van der Waals surface area contributed by atoms with Gasteiger partial charge >= 0.3 is 6.09 Å². The van der Waals surface area contributed by atoms with E-state index in [0.29, 0.717) is 43.1 Å². The number of hydrogen-bond donors (Lipinski definition) is 3. The molecule has 252 valence electrons. The average Bonchev–Trinajstić information content (AvgIpc) is 3.06. The number of hydrogen-bond acceptors (Lipinski definition) is 8. The maximum absolute atomic E-state index is 13.9. The highest BCUT2D eigenvalue weighted by Gasteiger charge is 2.26. The van der Waals surface area contributed by atoms with E-state index in [-0.39, 0.29) is 24.1 Å². The lowest BCUT2D eigenvalue weighted by Gasteiger charge is -2.37. The van der Waals surface area contributed by atoms with Crippen LogP contribution in [-0.4, -0.2) is 67.0 Å². The van der Waals surface area contributed by atoms with E-state index < -0.39 is 6.09 Å². The van der Waals surface area contributed by atoms with E-state index >= 15 is 0 Å². The highest BCUT2D eigenvalue weighted by Crippen LogP contribution is 2.34. The second kappa shape index (κ2) is 15.5. The molecule has 2 aliphatic heterocycles. The Bertz CT molecular complexity index is 1610. The third-order valence-electron chi connectivity index (χ3n) is 9.34. The fourth-order valence-electron chi connectivity index (χ4n) is 6.87. The number of carbonyl (C=O) groups is 2. The Morgan fingerprint density at radius 3 is 2.47 bits per heavy atom. The lowest BCUT2D eigenvalue weighted by atomic mass is 9.95. The van der Waals surface area contributed by atoms with Gasteiger partial charge in [0.05, 0.1) is 0 Å². The number of nitrogens with zero attached hydrogens (tertiary/aromatic N) is 3. The molecule has 0 bridgehead atoms. The summed E-state index contributed by atoms with van der Waals surface area (Å²) in [5.74, 6) is 0.627. The van der Waals surface area contributed by atoms with Gasteiger partial charge in [-0.05, 0) is 87.1 Å². The van der Waals surface area contributed by atoms with E-state index in [1.165, 1.54) is 0 Å². The highest BCUT2D eigenvalue weighted by molar-refractivity contribution is 5.99. The van der Waals surface area contributed by atoms with Crippen LogP contribution in [0.25, 0.3) is 11.1 Å². The second-order valence-corrected chi connectivity index (χ2v) is 12.5. The van der Waals surface area contributed by atoms with Crippen molar-refractivity contribution >= 4 is 23.5 Å². The van der Waals surface area contributed by atoms with E-state index in [0.717, 1.165) is 84.9 Å². The molecule has 2 fully saturated rings. The highest BCUT2D eigenvalue weighted by atomic mass is 16.6. The smallest absolute Gasteiger partial charge is 0.404 e. The molecule has 4 N–H and O–H groups in total. The Hall–Kier alpha value is -4.38. The van der Waals surface area contributed by atoms with Crippen molar-refractivity contribution in [2.75, 3.05) is 42.6 Å². The number of piperidine rings is 1. The maximum atomic E-state index is 13.9. The molecule has 0 aliphatic carbocycles. The monoisotopic (exact) mass is 644 g/mol. The molecule has 5 rings (SSSR count). The van der Waals surface area contributed by atoms with Gasteiger partial charge in [-0.3, -0.25) is 9.59 Å². The summed E-state index contributed by atoms with van der Waals surface area (Å²) in [4.78, 5) is 50.2. The van der Waals surface area contributed by atoms with Crippen molar-refractivity contribution in [2.45, 2.75) is 84.9 Å². The third kappa shape index (κ3) is 8.13. The first kappa shape index (κ1) is 34.0. The molecule has 0 radical (unpaired) electrons. The first-order valence-electron chi connectivity index (χ1n) is 16.8. The summed E-state index contributed by atoms with van der Waals surface area (Å²) in [7, 11) is 0. The Labute approximate surface area is 276 Å². The molecule has 47 heavy (non-hydrogen) atoms. The molecule has 1 aromatic carbocycles. The lowest BCUT2D eigenvalue weighted by molar-refractivity contribution is 0.0845. The van der Waals surface area contributed by atoms with Gasteiger partial charge in [0.1, 0.15) is 11.9 Å². The SMILES string of the molecule is CCCc1cc(C)[nH]c(=O)c1CNC(=O)c1cc(-c2ccc(N3CCC(OC(N)=O)CC3)nc2)cc(N(CC)C2CCOCC2)c1C. The van der Waals surface area contributed by atoms with Crippen molar-refractivity contribution < 1.29 is 19.1 Å². The van der Waals surface area contributed by atoms with Crippen molar-refractivity contribution in [1.82, 2.24) is 15.3 Å². The van der Waals surface area contributed by atoms with Gasteiger partial charge in [-0.15, -0.1) is 0 Å². The Morgan fingerprint density at radius 1 is 1.09 bits per heavy atom. The maximum Gasteiger partial charge on any atom is 0.404 e. The largest absolute Gasteiger partial charge is 0.446 e. The van der Waals surface area contributed by atoms with Crippen LogP contribution in [0.2, 0.25) is 0 Å². The minimum atomic E-state index is -0.736. The number of primary amides is 1. The van der Waals surface area contributed by atoms with Gasteiger partial charge < -0.3 is 35.3 Å². The number of aryl methyl sites for hydroxylation is 2. The molecule has 0 saturated carbocycles. The fourth-order valence-corrected chi connectivity index (χ4v) is 6.87. The molecule has 11 heteroatoms. The Morgan fingerprint density at radius 2 is 1.83 bits per heavy atom. The van der Waals surface area contributed by atoms with Gasteiger partial charge in [0.15, 0.2) is 0 Å². The van der Waals surface area contributed by atoms with Crippen molar-refractivity contribution in [3.8, 4) is 11.1 Å². The topological polar surface area (TPSA) is 143 Å². The second-order valence-electron chi connectivity index (χ2n) is 12.5. The predicted octanol–water partition coefficient (Wildman–Crippen LogP) is 5.01. The molecule has 2 aliphatic rings. The number of aromatic nitrogens is 2. The number of anilines is 2. The molecule has 2 saturated heterocycles. The van der Waals surface area contributed by atoms with Crippen molar-refractivity contribution in [2.24, 2.45) is 5.73 Å². The number of rotatable bonds is 11. The van der Waals surface area contributed by atoms with Crippen LogP contribution in [0.5, 0.6) is 0 Å². The Kier molecular flexibility index (Phi) is 11.2. The van der Waals surface area contributed by atoms with Crippen LogP contribution >= 0.6 is 0 Å². The minimum Gasteiger partial charge on any atom is -0.446 e. The molecule has 2 aromatic heterocycles. The number of nitrogens with one attached hydrogen (secondary N) is 2. The summed E-state index contributed by atoms with van der Waals surface area (Å²) in [6, 6.07) is 10.4. The number of aromatic amines is 1. The summed E-state index contributed by atoms with van der Waals surface area (Å²) in [5.41, 5.74) is 11.7. The number of amides is 2. The van der Waals surface area contributed by atoms with Gasteiger partial charge in [-0.25, -0.2) is 9.78 Å². The van der Waals surface area contributed by atoms with Crippen LogP contribution < -0.4 is 26.4 Å².